The summed E-state index contributed by atoms with van der Waals surface area (Å²) in [7, 11) is -2.94. The van der Waals surface area contributed by atoms with Crippen LogP contribution >= 0.6 is 0 Å². The van der Waals surface area contributed by atoms with E-state index in [1.807, 2.05) is 6.07 Å². The van der Waals surface area contributed by atoms with E-state index in [9.17, 15) is 18.0 Å². The third-order valence-electron chi connectivity index (χ3n) is 5.42. The Morgan fingerprint density at radius 1 is 1.00 bits per heavy atom. The monoisotopic (exact) mass is 386 g/mol. The van der Waals surface area contributed by atoms with E-state index in [1.54, 1.807) is 49.4 Å². The third-order valence-corrected chi connectivity index (χ3v) is 8.06. The van der Waals surface area contributed by atoms with Crippen LogP contribution in [0.3, 0.4) is 0 Å². The van der Waals surface area contributed by atoms with Gasteiger partial charge in [-0.1, -0.05) is 55.5 Å². The van der Waals surface area contributed by atoms with Gasteiger partial charge in [0.05, 0.1) is 12.0 Å². The second-order valence-corrected chi connectivity index (χ2v) is 9.07. The van der Waals surface area contributed by atoms with Crippen molar-refractivity contribution < 1.29 is 22.7 Å². The average molecular weight is 386 g/mol. The molecule has 1 aliphatic rings. The number of benzene rings is 2. The van der Waals surface area contributed by atoms with E-state index in [1.165, 1.54) is 19.2 Å². The molecule has 5 nitrogen and oxygen atoms in total. The Kier molecular flexibility index (Phi) is 5.20. The van der Waals surface area contributed by atoms with Crippen LogP contribution in [-0.4, -0.2) is 32.0 Å². The molecule has 0 radical (unpaired) electrons. The van der Waals surface area contributed by atoms with Crippen LogP contribution in [-0.2, 0) is 24.2 Å². The summed E-state index contributed by atoms with van der Waals surface area (Å²) in [6.45, 7) is 1.64. The highest BCUT2D eigenvalue weighted by Crippen LogP contribution is 2.51. The number of carbonyl (C=O) groups excluding carboxylic acids is 2. The van der Waals surface area contributed by atoms with Gasteiger partial charge in [-0.15, -0.1) is 0 Å². The van der Waals surface area contributed by atoms with Crippen LogP contribution in [0.15, 0.2) is 65.6 Å². The molecule has 1 fully saturated rings. The number of sulfone groups is 1. The molecule has 2 aromatic carbocycles. The highest BCUT2D eigenvalue weighted by Gasteiger charge is 2.63. The van der Waals surface area contributed by atoms with E-state index in [4.69, 9.17) is 4.74 Å². The number of ether oxygens (including phenoxy) is 1. The number of esters is 1. The van der Waals surface area contributed by atoms with Crippen molar-refractivity contribution in [1.82, 2.24) is 0 Å². The van der Waals surface area contributed by atoms with E-state index >= 15 is 0 Å². The number of rotatable bonds is 4. The summed E-state index contributed by atoms with van der Waals surface area (Å²) in [5.41, 5.74) is 0.641. The second kappa shape index (κ2) is 7.27. The molecule has 0 N–H and O–H groups in total. The maximum absolute atomic E-state index is 13.8. The van der Waals surface area contributed by atoms with Crippen molar-refractivity contribution in [3.05, 3.63) is 66.2 Å². The molecule has 3 atom stereocenters. The van der Waals surface area contributed by atoms with Gasteiger partial charge in [-0.3, -0.25) is 9.59 Å². The predicted molar refractivity (Wildman–Crippen MR) is 101 cm³/mol. The molecule has 1 aliphatic carbocycles. The first kappa shape index (κ1) is 19.3. The lowest BCUT2D eigenvalue weighted by Crippen LogP contribution is -2.59. The predicted octanol–water partition coefficient (Wildman–Crippen LogP) is 3.15. The van der Waals surface area contributed by atoms with Crippen LogP contribution in [0.4, 0.5) is 0 Å². The Hall–Kier alpha value is -2.47. The maximum atomic E-state index is 13.8. The molecule has 0 heterocycles. The van der Waals surface area contributed by atoms with Crippen LogP contribution in [0.25, 0.3) is 0 Å². The van der Waals surface area contributed by atoms with Gasteiger partial charge in [0.2, 0.25) is 0 Å². The van der Waals surface area contributed by atoms with Gasteiger partial charge in [0.15, 0.2) is 14.6 Å². The summed E-state index contributed by atoms with van der Waals surface area (Å²) >= 11 is 0. The van der Waals surface area contributed by atoms with Crippen molar-refractivity contribution >= 4 is 21.6 Å². The van der Waals surface area contributed by atoms with E-state index in [0.717, 1.165) is 0 Å². The Bertz CT molecular complexity index is 937. The van der Waals surface area contributed by atoms with Gasteiger partial charge in [-0.2, -0.15) is 0 Å². The molecule has 0 aliphatic heterocycles. The molecule has 6 heteroatoms. The van der Waals surface area contributed by atoms with Gasteiger partial charge < -0.3 is 4.74 Å². The van der Waals surface area contributed by atoms with Crippen LogP contribution in [0.5, 0.6) is 0 Å². The van der Waals surface area contributed by atoms with E-state index in [0.29, 0.717) is 5.56 Å². The molecule has 0 saturated heterocycles. The minimum Gasteiger partial charge on any atom is -0.468 e. The van der Waals surface area contributed by atoms with Gasteiger partial charge in [0, 0.05) is 18.8 Å². The zero-order valence-electron chi connectivity index (χ0n) is 15.3. The first-order valence-corrected chi connectivity index (χ1v) is 10.3. The Morgan fingerprint density at radius 2 is 1.56 bits per heavy atom. The maximum Gasteiger partial charge on any atom is 0.328 e. The van der Waals surface area contributed by atoms with Crippen LogP contribution in [0.1, 0.15) is 31.2 Å². The molecule has 0 aromatic heterocycles. The SMILES string of the molecule is COC(=O)[C@@]1(S(=O)(=O)c2ccccc2)[C@@H](c2ccccc2)CC(=O)C[C@@H]1C. The number of methoxy groups -OCH3 is 1. The fourth-order valence-corrected chi connectivity index (χ4v) is 6.62. The van der Waals surface area contributed by atoms with Gasteiger partial charge >= 0.3 is 5.97 Å². The minimum absolute atomic E-state index is 0.0183. The van der Waals surface area contributed by atoms with Crippen molar-refractivity contribution in [3.63, 3.8) is 0 Å². The molecule has 2 aromatic rings. The highest BCUT2D eigenvalue weighted by atomic mass is 32.2. The van der Waals surface area contributed by atoms with Crippen LogP contribution < -0.4 is 0 Å². The summed E-state index contributed by atoms with van der Waals surface area (Å²) < 4.78 is 30.8. The number of Topliss-reactive ketones (excluding diaryl/α,β-unsaturated/α-hetero) is 1. The average Bonchev–Trinajstić information content (AvgIpc) is 2.68. The molecule has 142 valence electrons. The number of ketones is 1. The lowest BCUT2D eigenvalue weighted by molar-refractivity contribution is -0.148. The van der Waals surface area contributed by atoms with Gasteiger partial charge in [-0.25, -0.2) is 8.42 Å². The molecule has 0 bridgehead atoms. The van der Waals surface area contributed by atoms with Crippen molar-refractivity contribution in [2.75, 3.05) is 7.11 Å². The van der Waals surface area contributed by atoms with Gasteiger partial charge in [0.1, 0.15) is 5.78 Å². The number of hydrogen-bond acceptors (Lipinski definition) is 5. The topological polar surface area (TPSA) is 77.5 Å². The lowest BCUT2D eigenvalue weighted by atomic mass is 9.68. The smallest absolute Gasteiger partial charge is 0.328 e. The molecule has 3 rings (SSSR count). The van der Waals surface area contributed by atoms with E-state index < -0.39 is 32.4 Å². The van der Waals surface area contributed by atoms with Crippen molar-refractivity contribution in [3.8, 4) is 0 Å². The summed E-state index contributed by atoms with van der Waals surface area (Å²) in [6.07, 6.45) is 0.0000139. The molecular weight excluding hydrogens is 364 g/mol. The summed E-state index contributed by atoms with van der Waals surface area (Å²) in [5.74, 6) is -2.41. The highest BCUT2D eigenvalue weighted by molar-refractivity contribution is 7.93. The van der Waals surface area contributed by atoms with Crippen LogP contribution in [0, 0.1) is 5.92 Å². The molecule has 0 spiro atoms. The lowest BCUT2D eigenvalue weighted by Gasteiger charge is -2.44. The summed E-state index contributed by atoms with van der Waals surface area (Å²) in [4.78, 5) is 25.5. The van der Waals surface area contributed by atoms with Crippen molar-refractivity contribution in [2.45, 2.75) is 35.3 Å². The molecule has 0 amide bonds. The molecule has 27 heavy (non-hydrogen) atoms. The summed E-state index contributed by atoms with van der Waals surface area (Å²) in [5, 5.41) is 0. The zero-order valence-corrected chi connectivity index (χ0v) is 16.1. The Morgan fingerprint density at radius 3 is 2.11 bits per heavy atom. The Labute approximate surface area is 159 Å². The second-order valence-electron chi connectivity index (χ2n) is 6.91. The first-order chi connectivity index (χ1) is 12.9. The third kappa shape index (κ3) is 2.98. The van der Waals surface area contributed by atoms with Gasteiger partial charge in [0.25, 0.3) is 0 Å². The molecule has 0 unspecified atom stereocenters. The fourth-order valence-electron chi connectivity index (χ4n) is 4.21. The first-order valence-electron chi connectivity index (χ1n) is 8.80. The Balaban J connectivity index is 2.33. The standard InChI is InChI=1S/C21H22O5S/c1-15-13-17(22)14-19(16-9-5-3-6-10-16)21(15,20(23)26-2)27(24,25)18-11-7-4-8-12-18/h3-12,15,19H,13-14H2,1-2H3/t15-,19+,21-/m0/s1. The summed E-state index contributed by atoms with van der Waals surface area (Å²) in [6, 6.07) is 16.8. The van der Waals surface area contributed by atoms with Gasteiger partial charge in [-0.05, 0) is 23.6 Å². The van der Waals surface area contributed by atoms with Crippen LogP contribution in [0.2, 0.25) is 0 Å². The van der Waals surface area contributed by atoms with Crippen molar-refractivity contribution in [1.29, 1.82) is 0 Å². The van der Waals surface area contributed by atoms with Crippen molar-refractivity contribution in [2.24, 2.45) is 5.92 Å². The fraction of sp³-hybridized carbons (Fsp3) is 0.333. The normalized spacial score (nSPS) is 25.8. The van der Waals surface area contributed by atoms with E-state index in [-0.39, 0.29) is 23.5 Å². The minimum atomic E-state index is -4.13. The quantitative estimate of drug-likeness (QED) is 0.755. The molecule has 1 saturated carbocycles. The molecular formula is C21H22O5S. The number of carbonyl (C=O) groups is 2. The largest absolute Gasteiger partial charge is 0.468 e. The van der Waals surface area contributed by atoms with E-state index in [2.05, 4.69) is 0 Å². The number of hydrogen-bond donors (Lipinski definition) is 0. The zero-order chi connectivity index (χ0) is 19.7.